The molecule has 0 atom stereocenters. The third-order valence-electron chi connectivity index (χ3n) is 3.75. The van der Waals surface area contributed by atoms with Gasteiger partial charge in [0.05, 0.1) is 10.6 Å². The maximum absolute atomic E-state index is 12.7. The number of hydrogen-bond donors (Lipinski definition) is 1. The Hall–Kier alpha value is -3.07. The van der Waals surface area contributed by atoms with Gasteiger partial charge in [-0.1, -0.05) is 23.2 Å². The van der Waals surface area contributed by atoms with Crippen molar-refractivity contribution in [3.05, 3.63) is 81.8 Å². The van der Waals surface area contributed by atoms with Crippen molar-refractivity contribution >= 4 is 34.8 Å². The Balaban J connectivity index is 1.85. The zero-order chi connectivity index (χ0) is 19.4. The summed E-state index contributed by atoms with van der Waals surface area (Å²) in [6, 6.07) is 13.9. The summed E-state index contributed by atoms with van der Waals surface area (Å²) in [5.41, 5.74) is 1.03. The molecule has 1 N–H and O–H groups in total. The SMILES string of the molecule is Cc1oc(-c2ccc(Cl)cc2)cc1C(=O)/C(C#N)=C/Nc1ccc(Cl)cn1. The van der Waals surface area contributed by atoms with Gasteiger partial charge in [-0.15, -0.1) is 0 Å². The number of benzene rings is 1. The predicted octanol–water partition coefficient (Wildman–Crippen LogP) is 5.66. The molecule has 0 saturated carbocycles. The topological polar surface area (TPSA) is 78.9 Å². The Bertz CT molecular complexity index is 1050. The monoisotopic (exact) mass is 397 g/mol. The van der Waals surface area contributed by atoms with Gasteiger partial charge in [0.15, 0.2) is 0 Å². The average molecular weight is 398 g/mol. The van der Waals surface area contributed by atoms with E-state index < -0.39 is 5.78 Å². The molecule has 0 bridgehead atoms. The van der Waals surface area contributed by atoms with E-state index in [1.807, 2.05) is 6.07 Å². The summed E-state index contributed by atoms with van der Waals surface area (Å²) in [4.78, 5) is 16.8. The Morgan fingerprint density at radius 3 is 2.52 bits per heavy atom. The molecule has 0 unspecified atom stereocenters. The highest BCUT2D eigenvalue weighted by Crippen LogP contribution is 2.28. The fourth-order valence-corrected chi connectivity index (χ4v) is 2.60. The van der Waals surface area contributed by atoms with Gasteiger partial charge in [-0.05, 0) is 49.4 Å². The summed E-state index contributed by atoms with van der Waals surface area (Å²) in [7, 11) is 0. The van der Waals surface area contributed by atoms with E-state index in [4.69, 9.17) is 27.6 Å². The molecule has 27 heavy (non-hydrogen) atoms. The van der Waals surface area contributed by atoms with Crippen LogP contribution in [0.5, 0.6) is 0 Å². The highest BCUT2D eigenvalue weighted by molar-refractivity contribution is 6.30. The first-order valence-electron chi connectivity index (χ1n) is 7.87. The van der Waals surface area contributed by atoms with Crippen LogP contribution in [0.2, 0.25) is 10.0 Å². The van der Waals surface area contributed by atoms with Gasteiger partial charge in [0.1, 0.15) is 29.0 Å². The lowest BCUT2D eigenvalue weighted by atomic mass is 10.0. The van der Waals surface area contributed by atoms with E-state index in [9.17, 15) is 10.1 Å². The first kappa shape index (κ1) is 18.7. The molecule has 1 aromatic carbocycles. The number of nitriles is 1. The second-order valence-electron chi connectivity index (χ2n) is 5.59. The van der Waals surface area contributed by atoms with Crippen molar-refractivity contribution < 1.29 is 9.21 Å². The number of anilines is 1. The molecule has 0 spiro atoms. The predicted molar refractivity (Wildman–Crippen MR) is 105 cm³/mol. The minimum atomic E-state index is -0.444. The van der Waals surface area contributed by atoms with Gasteiger partial charge in [-0.25, -0.2) is 4.98 Å². The summed E-state index contributed by atoms with van der Waals surface area (Å²) in [5, 5.41) is 13.3. The maximum atomic E-state index is 12.7. The van der Waals surface area contributed by atoms with Crippen LogP contribution < -0.4 is 5.32 Å². The smallest absolute Gasteiger partial charge is 0.208 e. The molecule has 7 heteroatoms. The number of Topliss-reactive ketones (excluding diaryl/α,β-unsaturated/α-hetero) is 1. The van der Waals surface area contributed by atoms with Crippen LogP contribution in [-0.4, -0.2) is 10.8 Å². The van der Waals surface area contributed by atoms with E-state index in [1.54, 1.807) is 49.4 Å². The van der Waals surface area contributed by atoms with Crippen LogP contribution in [0.25, 0.3) is 11.3 Å². The molecule has 3 rings (SSSR count). The van der Waals surface area contributed by atoms with Gasteiger partial charge in [-0.3, -0.25) is 4.79 Å². The summed E-state index contributed by atoms with van der Waals surface area (Å²) in [6.45, 7) is 1.68. The number of nitrogens with one attached hydrogen (secondary N) is 1. The Morgan fingerprint density at radius 1 is 1.19 bits per heavy atom. The van der Waals surface area contributed by atoms with Crippen LogP contribution in [0, 0.1) is 18.3 Å². The van der Waals surface area contributed by atoms with Gasteiger partial charge in [-0.2, -0.15) is 5.26 Å². The zero-order valence-corrected chi connectivity index (χ0v) is 15.7. The molecule has 2 heterocycles. The molecule has 0 aliphatic rings. The number of carbonyl (C=O) groups is 1. The van der Waals surface area contributed by atoms with Gasteiger partial charge >= 0.3 is 0 Å². The lowest BCUT2D eigenvalue weighted by Gasteiger charge is -2.01. The molecule has 0 aliphatic carbocycles. The molecule has 0 amide bonds. The quantitative estimate of drug-likeness (QED) is 0.341. The number of ketones is 1. The van der Waals surface area contributed by atoms with E-state index in [1.165, 1.54) is 12.4 Å². The van der Waals surface area contributed by atoms with E-state index in [-0.39, 0.29) is 5.57 Å². The second kappa shape index (κ2) is 8.09. The van der Waals surface area contributed by atoms with Crippen molar-refractivity contribution in [2.24, 2.45) is 0 Å². The summed E-state index contributed by atoms with van der Waals surface area (Å²) in [5.74, 6) is 0.971. The van der Waals surface area contributed by atoms with Crippen LogP contribution >= 0.6 is 23.2 Å². The molecule has 0 aliphatic heterocycles. The largest absolute Gasteiger partial charge is 0.461 e. The van der Waals surface area contributed by atoms with Crippen LogP contribution in [0.3, 0.4) is 0 Å². The van der Waals surface area contributed by atoms with Crippen molar-refractivity contribution in [1.82, 2.24) is 4.98 Å². The molecular weight excluding hydrogens is 385 g/mol. The Morgan fingerprint density at radius 2 is 1.89 bits per heavy atom. The minimum absolute atomic E-state index is 0.0710. The number of hydrogen-bond acceptors (Lipinski definition) is 5. The second-order valence-corrected chi connectivity index (χ2v) is 6.47. The highest BCUT2D eigenvalue weighted by Gasteiger charge is 2.19. The lowest BCUT2D eigenvalue weighted by Crippen LogP contribution is -2.05. The number of halogens is 2. The number of aryl methyl sites for hydroxylation is 1. The van der Waals surface area contributed by atoms with E-state index in [0.717, 1.165) is 5.56 Å². The first-order chi connectivity index (χ1) is 13.0. The average Bonchev–Trinajstić information content (AvgIpc) is 3.05. The number of furan rings is 1. The Kier molecular flexibility index (Phi) is 5.60. The van der Waals surface area contributed by atoms with Crippen LogP contribution in [-0.2, 0) is 0 Å². The fourth-order valence-electron chi connectivity index (χ4n) is 2.36. The van der Waals surface area contributed by atoms with Gasteiger partial charge in [0.2, 0.25) is 5.78 Å². The number of aromatic nitrogens is 1. The van der Waals surface area contributed by atoms with Crippen molar-refractivity contribution in [2.45, 2.75) is 6.92 Å². The van der Waals surface area contributed by atoms with Crippen molar-refractivity contribution in [3.63, 3.8) is 0 Å². The van der Waals surface area contributed by atoms with Crippen LogP contribution in [0.1, 0.15) is 16.1 Å². The molecule has 134 valence electrons. The molecule has 0 fully saturated rings. The number of carbonyl (C=O) groups excluding carboxylic acids is 1. The van der Waals surface area contributed by atoms with E-state index in [0.29, 0.717) is 32.9 Å². The lowest BCUT2D eigenvalue weighted by molar-refractivity contribution is 0.103. The van der Waals surface area contributed by atoms with Gasteiger partial charge in [0.25, 0.3) is 0 Å². The number of pyridine rings is 1. The summed E-state index contributed by atoms with van der Waals surface area (Å²) in [6.07, 6.45) is 2.77. The Labute approximate surface area is 165 Å². The first-order valence-corrected chi connectivity index (χ1v) is 8.63. The van der Waals surface area contributed by atoms with Gasteiger partial charge < -0.3 is 9.73 Å². The molecule has 2 aromatic heterocycles. The third-order valence-corrected chi connectivity index (χ3v) is 4.22. The summed E-state index contributed by atoms with van der Waals surface area (Å²) < 4.78 is 5.68. The zero-order valence-electron chi connectivity index (χ0n) is 14.2. The van der Waals surface area contributed by atoms with Gasteiger partial charge in [0, 0.05) is 23.0 Å². The van der Waals surface area contributed by atoms with E-state index >= 15 is 0 Å². The van der Waals surface area contributed by atoms with E-state index in [2.05, 4.69) is 10.3 Å². The fraction of sp³-hybridized carbons (Fsp3) is 0.0500. The highest BCUT2D eigenvalue weighted by atomic mass is 35.5. The molecule has 3 aromatic rings. The minimum Gasteiger partial charge on any atom is -0.461 e. The molecule has 5 nitrogen and oxygen atoms in total. The van der Waals surface area contributed by atoms with Crippen LogP contribution in [0.4, 0.5) is 5.82 Å². The number of rotatable bonds is 5. The van der Waals surface area contributed by atoms with Crippen molar-refractivity contribution in [2.75, 3.05) is 5.32 Å². The van der Waals surface area contributed by atoms with Crippen molar-refractivity contribution in [3.8, 4) is 17.4 Å². The molecule has 0 radical (unpaired) electrons. The third kappa shape index (κ3) is 4.37. The molecular formula is C20H13Cl2N3O2. The summed E-state index contributed by atoms with van der Waals surface area (Å²) >= 11 is 11.7. The molecule has 0 saturated heterocycles. The number of nitrogens with zero attached hydrogens (tertiary/aromatic N) is 2. The van der Waals surface area contributed by atoms with Crippen molar-refractivity contribution in [1.29, 1.82) is 5.26 Å². The number of allylic oxidation sites excluding steroid dienone is 1. The standard InChI is InChI=1S/C20H13Cl2N3O2/c1-12-17(8-18(27-12)13-2-4-15(21)5-3-13)20(26)14(9-23)10-24-19-7-6-16(22)11-25-19/h2-8,10-11H,1H3,(H,24,25)/b14-10+. The normalized spacial score (nSPS) is 11.1. The maximum Gasteiger partial charge on any atom is 0.208 e. The van der Waals surface area contributed by atoms with Crippen LogP contribution in [0.15, 0.2) is 64.9 Å².